The summed E-state index contributed by atoms with van der Waals surface area (Å²) in [6, 6.07) is 0. The predicted molar refractivity (Wildman–Crippen MR) is 243 cm³/mol. The quantitative estimate of drug-likeness (QED) is 0.0599. The van der Waals surface area contributed by atoms with E-state index in [2.05, 4.69) is 0 Å². The van der Waals surface area contributed by atoms with Crippen molar-refractivity contribution in [2.75, 3.05) is 0 Å². The van der Waals surface area contributed by atoms with Gasteiger partial charge in [-0.15, -0.1) is 0 Å². The summed E-state index contributed by atoms with van der Waals surface area (Å²) in [6.45, 7) is 49.2. The fraction of sp³-hybridized carbons (Fsp3) is 1.00. The second kappa shape index (κ2) is 26.1. The Labute approximate surface area is 360 Å². The molecule has 0 aromatic rings. The molecule has 0 N–H and O–H groups in total. The van der Waals surface area contributed by atoms with Crippen molar-refractivity contribution in [3.63, 3.8) is 0 Å². The van der Waals surface area contributed by atoms with Crippen molar-refractivity contribution in [2.45, 2.75) is 256 Å². The first kappa shape index (κ1) is 58.2. The second-order valence-corrected chi connectivity index (χ2v) is 49.3. The van der Waals surface area contributed by atoms with Gasteiger partial charge in [0.2, 0.25) is 0 Å². The second-order valence-electron chi connectivity index (χ2n) is 18.9. The zero-order valence-electron chi connectivity index (χ0n) is 41.2. The minimum absolute atomic E-state index is 0.189. The van der Waals surface area contributed by atoms with Gasteiger partial charge < -0.3 is 0 Å². The van der Waals surface area contributed by atoms with Crippen molar-refractivity contribution >= 4 is 53.6 Å². The Morgan fingerprint density at radius 1 is 0.211 bits per heavy atom. The normalized spacial score (nSPS) is 14.5. The van der Waals surface area contributed by atoms with Crippen LogP contribution in [0.15, 0.2) is 0 Å². The fourth-order valence-electron chi connectivity index (χ4n) is 7.35. The van der Waals surface area contributed by atoms with E-state index in [9.17, 15) is 0 Å². The van der Waals surface area contributed by atoms with Gasteiger partial charge >= 0.3 is 362 Å². The van der Waals surface area contributed by atoms with E-state index in [-0.39, 0.29) is 73.2 Å². The molecule has 0 aliphatic heterocycles. The van der Waals surface area contributed by atoms with Crippen LogP contribution in [0.25, 0.3) is 0 Å². The predicted octanol–water partition coefficient (Wildman–Crippen LogP) is 10.4. The zero-order valence-corrected chi connectivity index (χ0v) is 48.0. The summed E-state index contributed by atoms with van der Waals surface area (Å²) < 4.78 is 87.4. The molecule has 0 bridgehead atoms. The monoisotopic (exact) mass is 996 g/mol. The van der Waals surface area contributed by atoms with E-state index in [1.807, 2.05) is 166 Å². The summed E-state index contributed by atoms with van der Waals surface area (Å²) in [4.78, 5) is 0. The topological polar surface area (TPSA) is 111 Å². The summed E-state index contributed by atoms with van der Waals surface area (Å²) in [5, 5.41) is 0. The first-order chi connectivity index (χ1) is 25.8. The Bertz CT molecular complexity index is 806. The molecule has 0 aliphatic carbocycles. The Kier molecular flexibility index (Phi) is 26.6. The first-order valence-corrected chi connectivity index (χ1v) is 37.8. The molecule has 0 atom stereocenters. The molecular formula is C40H92O12Si4Sn. The van der Waals surface area contributed by atoms with Crippen LogP contribution in [-0.4, -0.2) is 127 Å². The molecule has 0 fully saturated rings. The van der Waals surface area contributed by atoms with E-state index in [0.717, 1.165) is 0 Å². The van der Waals surface area contributed by atoms with Crippen LogP contribution in [0.1, 0.15) is 166 Å². The van der Waals surface area contributed by atoms with Crippen molar-refractivity contribution < 1.29 is 53.1 Å². The van der Waals surface area contributed by atoms with Crippen molar-refractivity contribution in [3.05, 3.63) is 0 Å². The standard InChI is InChI=1S/4C10H23O3Si.Sn/c4*1-8(2)11-14(7,12-9(3)4)13-10(5)6;/h4*8-10H,7H2,1-6H3;. The van der Waals surface area contributed by atoms with Crippen molar-refractivity contribution in [1.82, 2.24) is 0 Å². The molecule has 12 nitrogen and oxygen atoms in total. The number of rotatable bonds is 32. The molecule has 17 heteroatoms. The van der Waals surface area contributed by atoms with E-state index in [1.165, 1.54) is 0 Å². The third-order valence-electron chi connectivity index (χ3n) is 7.35. The summed E-state index contributed by atoms with van der Waals surface area (Å²) >= 11 is -4.63. The maximum absolute atomic E-state index is 7.11. The van der Waals surface area contributed by atoms with Crippen LogP contribution in [0.5, 0.6) is 0 Å². The Morgan fingerprint density at radius 2 is 0.298 bits per heavy atom. The Hall–Kier alpha value is 1.19. The van der Waals surface area contributed by atoms with E-state index < -0.39 is 53.6 Å². The molecule has 0 saturated heterocycles. The van der Waals surface area contributed by atoms with Crippen molar-refractivity contribution in [1.29, 1.82) is 0 Å². The third-order valence-corrected chi connectivity index (χ3v) is 62.6. The summed E-state index contributed by atoms with van der Waals surface area (Å²) in [6.07, 6.45) is -2.26. The molecule has 0 radical (unpaired) electrons. The summed E-state index contributed by atoms with van der Waals surface area (Å²) in [5.41, 5.74) is 0. The molecule has 0 amide bonds. The van der Waals surface area contributed by atoms with Gasteiger partial charge in [-0.1, -0.05) is 0 Å². The first-order valence-electron chi connectivity index (χ1n) is 22.0. The third kappa shape index (κ3) is 24.0. The van der Waals surface area contributed by atoms with E-state index in [4.69, 9.17) is 53.1 Å². The number of hydrogen-bond donors (Lipinski definition) is 0. The molecule has 0 unspecified atom stereocenters. The average molecular weight is 996 g/mol. The van der Waals surface area contributed by atoms with Gasteiger partial charge in [0.25, 0.3) is 0 Å². The molecule has 0 heterocycles. The molecule has 0 saturated carbocycles. The Balaban J connectivity index is 9.34. The van der Waals surface area contributed by atoms with Gasteiger partial charge in [-0.3, -0.25) is 0 Å². The van der Waals surface area contributed by atoms with Crippen molar-refractivity contribution in [3.8, 4) is 0 Å². The SMILES string of the molecule is CC(C)O[Si]([CH2][Sn]([CH2][Si](OC(C)C)(OC(C)C)OC(C)C)([CH2][Si](OC(C)C)(OC(C)C)OC(C)C)[CH2][Si](OC(C)C)(OC(C)C)OC(C)C)(OC(C)C)OC(C)C. The summed E-state index contributed by atoms with van der Waals surface area (Å²) in [5.74, 6) is 0. The minimum atomic E-state index is -4.63. The van der Waals surface area contributed by atoms with Gasteiger partial charge in [0, 0.05) is 0 Å². The van der Waals surface area contributed by atoms with Gasteiger partial charge in [0.05, 0.1) is 0 Å². The molecular weight excluding hydrogens is 903 g/mol. The van der Waals surface area contributed by atoms with Crippen LogP contribution in [-0.2, 0) is 53.1 Å². The molecule has 344 valence electrons. The maximum atomic E-state index is 7.11. The molecule has 0 spiro atoms. The van der Waals surface area contributed by atoms with E-state index in [0.29, 0.717) is 16.2 Å². The van der Waals surface area contributed by atoms with Crippen LogP contribution in [0.4, 0.5) is 0 Å². The van der Waals surface area contributed by atoms with Gasteiger partial charge in [0.1, 0.15) is 0 Å². The van der Waals surface area contributed by atoms with Gasteiger partial charge in [-0.25, -0.2) is 0 Å². The van der Waals surface area contributed by atoms with E-state index in [1.54, 1.807) is 0 Å². The van der Waals surface area contributed by atoms with Gasteiger partial charge in [-0.2, -0.15) is 0 Å². The van der Waals surface area contributed by atoms with Crippen LogP contribution in [0.2, 0.25) is 16.2 Å². The summed E-state index contributed by atoms with van der Waals surface area (Å²) in [7, 11) is -14.5. The average Bonchev–Trinajstić information content (AvgIpc) is 2.86. The van der Waals surface area contributed by atoms with Gasteiger partial charge in [0.15, 0.2) is 0 Å². The molecule has 57 heavy (non-hydrogen) atoms. The van der Waals surface area contributed by atoms with Gasteiger partial charge in [-0.05, 0) is 0 Å². The molecule has 0 aromatic heterocycles. The van der Waals surface area contributed by atoms with Crippen molar-refractivity contribution in [2.24, 2.45) is 0 Å². The molecule has 0 aliphatic rings. The van der Waals surface area contributed by atoms with Crippen LogP contribution in [0.3, 0.4) is 0 Å². The fourth-order valence-corrected chi connectivity index (χ4v) is 83.6. The molecule has 0 aromatic carbocycles. The van der Waals surface area contributed by atoms with Crippen LogP contribution >= 0.6 is 0 Å². The van der Waals surface area contributed by atoms with Crippen LogP contribution in [0, 0.1) is 0 Å². The Morgan fingerprint density at radius 3 is 0.368 bits per heavy atom. The van der Waals surface area contributed by atoms with E-state index >= 15 is 0 Å². The molecule has 0 rings (SSSR count). The zero-order chi connectivity index (χ0) is 44.7. The van der Waals surface area contributed by atoms with Crippen LogP contribution < -0.4 is 0 Å². The number of hydrogen-bond acceptors (Lipinski definition) is 12.